The van der Waals surface area contributed by atoms with Crippen LogP contribution >= 0.6 is 11.8 Å². The summed E-state index contributed by atoms with van der Waals surface area (Å²) in [6, 6.07) is 0. The van der Waals surface area contributed by atoms with Crippen LogP contribution in [0.4, 0.5) is 0 Å². The van der Waals surface area contributed by atoms with Gasteiger partial charge in [-0.25, -0.2) is 0 Å². The number of thioether (sulfide) groups is 1. The zero-order valence-electron chi connectivity index (χ0n) is 6.80. The SMILES string of the molecule is CSCC1(CC(=O)O)CCC1. The monoisotopic (exact) mass is 174 g/mol. The fourth-order valence-corrected chi connectivity index (χ4v) is 2.68. The van der Waals surface area contributed by atoms with Crippen LogP contribution in [0, 0.1) is 5.41 Å². The number of hydrogen-bond acceptors (Lipinski definition) is 2. The lowest BCUT2D eigenvalue weighted by molar-refractivity contribution is -0.140. The maximum absolute atomic E-state index is 10.5. The molecule has 2 nitrogen and oxygen atoms in total. The third-order valence-corrected chi connectivity index (χ3v) is 3.29. The van der Waals surface area contributed by atoms with E-state index >= 15 is 0 Å². The van der Waals surface area contributed by atoms with E-state index in [2.05, 4.69) is 0 Å². The highest BCUT2D eigenvalue weighted by atomic mass is 32.2. The maximum atomic E-state index is 10.5. The van der Waals surface area contributed by atoms with Gasteiger partial charge in [0.25, 0.3) is 0 Å². The summed E-state index contributed by atoms with van der Waals surface area (Å²) in [5.74, 6) is 0.373. The molecule has 0 aliphatic heterocycles. The molecule has 3 heteroatoms. The highest BCUT2D eigenvalue weighted by molar-refractivity contribution is 7.98. The van der Waals surface area contributed by atoms with Crippen LogP contribution < -0.4 is 0 Å². The molecule has 1 N–H and O–H groups in total. The molecule has 1 aliphatic carbocycles. The Balaban J connectivity index is 2.39. The molecule has 0 atom stereocenters. The second-order valence-electron chi connectivity index (χ2n) is 3.36. The van der Waals surface area contributed by atoms with Crippen molar-refractivity contribution in [1.29, 1.82) is 0 Å². The third-order valence-electron chi connectivity index (χ3n) is 2.39. The Morgan fingerprint density at radius 1 is 1.64 bits per heavy atom. The van der Waals surface area contributed by atoms with Crippen LogP contribution in [0.25, 0.3) is 0 Å². The zero-order chi connectivity index (χ0) is 8.32. The molecule has 11 heavy (non-hydrogen) atoms. The minimum Gasteiger partial charge on any atom is -0.481 e. The Morgan fingerprint density at radius 2 is 2.27 bits per heavy atom. The number of rotatable bonds is 4. The second kappa shape index (κ2) is 3.48. The van der Waals surface area contributed by atoms with Crippen LogP contribution in [-0.2, 0) is 4.79 Å². The number of carboxylic acids is 1. The Bertz CT molecular complexity index is 152. The van der Waals surface area contributed by atoms with Gasteiger partial charge in [-0.05, 0) is 30.3 Å². The fourth-order valence-electron chi connectivity index (χ4n) is 1.68. The average Bonchev–Trinajstić information content (AvgIpc) is 1.82. The molecule has 0 bridgehead atoms. The highest BCUT2D eigenvalue weighted by Gasteiger charge is 2.38. The predicted molar refractivity (Wildman–Crippen MR) is 46.9 cm³/mol. The minimum atomic E-state index is -0.640. The lowest BCUT2D eigenvalue weighted by Crippen LogP contribution is -2.34. The summed E-state index contributed by atoms with van der Waals surface area (Å²) in [5.41, 5.74) is 0.158. The van der Waals surface area contributed by atoms with E-state index < -0.39 is 5.97 Å². The molecular weight excluding hydrogens is 160 g/mol. The molecule has 0 heterocycles. The first kappa shape index (κ1) is 8.91. The average molecular weight is 174 g/mol. The van der Waals surface area contributed by atoms with Gasteiger partial charge in [0.1, 0.15) is 0 Å². The van der Waals surface area contributed by atoms with Crippen molar-refractivity contribution in [2.45, 2.75) is 25.7 Å². The van der Waals surface area contributed by atoms with Crippen molar-refractivity contribution in [3.8, 4) is 0 Å². The second-order valence-corrected chi connectivity index (χ2v) is 4.22. The first-order valence-electron chi connectivity index (χ1n) is 3.89. The zero-order valence-corrected chi connectivity index (χ0v) is 7.62. The van der Waals surface area contributed by atoms with Crippen molar-refractivity contribution in [3.05, 3.63) is 0 Å². The summed E-state index contributed by atoms with van der Waals surface area (Å²) in [5, 5.41) is 8.63. The van der Waals surface area contributed by atoms with Gasteiger partial charge in [0.15, 0.2) is 0 Å². The van der Waals surface area contributed by atoms with E-state index in [0.717, 1.165) is 18.6 Å². The van der Waals surface area contributed by atoms with Gasteiger partial charge in [0.2, 0.25) is 0 Å². The Hall–Kier alpha value is -0.180. The quantitative estimate of drug-likeness (QED) is 0.708. The summed E-state index contributed by atoms with van der Waals surface area (Å²) in [6.07, 6.45) is 5.85. The first-order valence-corrected chi connectivity index (χ1v) is 5.29. The molecule has 0 saturated heterocycles. The lowest BCUT2D eigenvalue weighted by atomic mass is 9.68. The van der Waals surface area contributed by atoms with E-state index in [1.54, 1.807) is 11.8 Å². The van der Waals surface area contributed by atoms with Crippen molar-refractivity contribution < 1.29 is 9.90 Å². The molecule has 0 unspecified atom stereocenters. The van der Waals surface area contributed by atoms with Crippen molar-refractivity contribution in [2.75, 3.05) is 12.0 Å². The molecule has 0 spiro atoms. The molecule has 1 rings (SSSR count). The third kappa shape index (κ3) is 2.12. The van der Waals surface area contributed by atoms with Crippen LogP contribution in [0.1, 0.15) is 25.7 Å². The number of carboxylic acid groups (broad SMARTS) is 1. The van der Waals surface area contributed by atoms with Crippen molar-refractivity contribution in [3.63, 3.8) is 0 Å². The standard InChI is InChI=1S/C8H14O2S/c1-11-6-8(3-2-4-8)5-7(9)10/h2-6H2,1H3,(H,9,10). The number of carbonyl (C=O) groups is 1. The normalized spacial score (nSPS) is 20.8. The maximum Gasteiger partial charge on any atom is 0.303 e. The molecule has 0 aromatic carbocycles. The fraction of sp³-hybridized carbons (Fsp3) is 0.875. The highest BCUT2D eigenvalue weighted by Crippen LogP contribution is 2.45. The summed E-state index contributed by atoms with van der Waals surface area (Å²) in [4.78, 5) is 10.5. The minimum absolute atomic E-state index is 0.158. The first-order chi connectivity index (χ1) is 5.18. The Morgan fingerprint density at radius 3 is 2.55 bits per heavy atom. The van der Waals surface area contributed by atoms with E-state index in [1.165, 1.54) is 6.42 Å². The molecule has 0 amide bonds. The van der Waals surface area contributed by atoms with Crippen LogP contribution in [0.15, 0.2) is 0 Å². The molecule has 0 aromatic heterocycles. The van der Waals surface area contributed by atoms with Crippen LogP contribution in [-0.4, -0.2) is 23.1 Å². The van der Waals surface area contributed by atoms with Crippen molar-refractivity contribution in [2.24, 2.45) is 5.41 Å². The molecule has 64 valence electrons. The summed E-state index contributed by atoms with van der Waals surface area (Å²) >= 11 is 1.76. The van der Waals surface area contributed by atoms with Gasteiger partial charge < -0.3 is 5.11 Å². The van der Waals surface area contributed by atoms with Crippen molar-refractivity contribution >= 4 is 17.7 Å². The van der Waals surface area contributed by atoms with Gasteiger partial charge in [-0.2, -0.15) is 11.8 Å². The van der Waals surface area contributed by atoms with Crippen LogP contribution in [0.5, 0.6) is 0 Å². The molecule has 1 saturated carbocycles. The van der Waals surface area contributed by atoms with E-state index in [-0.39, 0.29) is 5.41 Å². The lowest BCUT2D eigenvalue weighted by Gasteiger charge is -2.40. The van der Waals surface area contributed by atoms with E-state index in [0.29, 0.717) is 6.42 Å². The van der Waals surface area contributed by atoms with E-state index in [1.807, 2.05) is 6.26 Å². The van der Waals surface area contributed by atoms with Gasteiger partial charge in [-0.3, -0.25) is 4.79 Å². The predicted octanol–water partition coefficient (Wildman–Crippen LogP) is 1.99. The smallest absolute Gasteiger partial charge is 0.303 e. The molecule has 0 aromatic rings. The number of hydrogen-bond donors (Lipinski definition) is 1. The topological polar surface area (TPSA) is 37.3 Å². The summed E-state index contributed by atoms with van der Waals surface area (Å²) in [6.45, 7) is 0. The Labute approximate surface area is 71.4 Å². The van der Waals surface area contributed by atoms with Crippen LogP contribution in [0.3, 0.4) is 0 Å². The number of aliphatic carboxylic acids is 1. The Kier molecular flexibility index (Phi) is 2.82. The molecule has 1 fully saturated rings. The molecule has 0 radical (unpaired) electrons. The van der Waals surface area contributed by atoms with Gasteiger partial charge in [-0.15, -0.1) is 0 Å². The van der Waals surface area contributed by atoms with E-state index in [9.17, 15) is 4.79 Å². The van der Waals surface area contributed by atoms with Gasteiger partial charge in [0, 0.05) is 0 Å². The van der Waals surface area contributed by atoms with Gasteiger partial charge in [-0.1, -0.05) is 6.42 Å². The summed E-state index contributed by atoms with van der Waals surface area (Å²) < 4.78 is 0. The van der Waals surface area contributed by atoms with Crippen LogP contribution in [0.2, 0.25) is 0 Å². The summed E-state index contributed by atoms with van der Waals surface area (Å²) in [7, 11) is 0. The molecule has 1 aliphatic rings. The van der Waals surface area contributed by atoms with Gasteiger partial charge in [0.05, 0.1) is 6.42 Å². The van der Waals surface area contributed by atoms with Crippen molar-refractivity contribution in [1.82, 2.24) is 0 Å². The van der Waals surface area contributed by atoms with Gasteiger partial charge >= 0.3 is 5.97 Å². The largest absolute Gasteiger partial charge is 0.481 e. The van der Waals surface area contributed by atoms with E-state index in [4.69, 9.17) is 5.11 Å². The molecular formula is C8H14O2S.